The van der Waals surface area contributed by atoms with Gasteiger partial charge in [0.05, 0.1) is 16.3 Å². The number of anilines is 1. The summed E-state index contributed by atoms with van der Waals surface area (Å²) in [5.74, 6) is 0.480. The van der Waals surface area contributed by atoms with Gasteiger partial charge in [-0.3, -0.25) is 4.79 Å². The number of aryl methyl sites for hydroxylation is 1. The van der Waals surface area contributed by atoms with E-state index in [0.717, 1.165) is 47.0 Å². The third-order valence-electron chi connectivity index (χ3n) is 4.57. The van der Waals surface area contributed by atoms with Crippen molar-refractivity contribution in [1.29, 1.82) is 0 Å². The average Bonchev–Trinajstić information content (AvgIpc) is 3.26. The highest BCUT2D eigenvalue weighted by Gasteiger charge is 2.19. The van der Waals surface area contributed by atoms with Crippen LogP contribution in [0.1, 0.15) is 59.2 Å². The summed E-state index contributed by atoms with van der Waals surface area (Å²) in [5.41, 5.74) is 4.05. The van der Waals surface area contributed by atoms with Crippen molar-refractivity contribution in [2.45, 2.75) is 46.0 Å². The Bertz CT molecular complexity index is 732. The Morgan fingerprint density at radius 1 is 1.32 bits per heavy atom. The molecule has 1 aromatic carbocycles. The van der Waals surface area contributed by atoms with E-state index in [9.17, 15) is 4.79 Å². The molecule has 25 heavy (non-hydrogen) atoms. The first-order chi connectivity index (χ1) is 12.0. The SMILES string of the molecule is Cc1ccc(N2CCCC2)c(C(=O)NCCc2csc(C(C)C)n2)c1. The fourth-order valence-electron chi connectivity index (χ4n) is 3.17. The van der Waals surface area contributed by atoms with Crippen LogP contribution in [0.25, 0.3) is 0 Å². The summed E-state index contributed by atoms with van der Waals surface area (Å²) in [6.45, 7) is 9.05. The predicted molar refractivity (Wildman–Crippen MR) is 105 cm³/mol. The molecule has 1 fully saturated rings. The van der Waals surface area contributed by atoms with Crippen molar-refractivity contribution in [3.8, 4) is 0 Å². The molecule has 1 aliphatic rings. The number of rotatable bonds is 6. The van der Waals surface area contributed by atoms with Gasteiger partial charge in [-0.1, -0.05) is 25.5 Å². The number of thiazole rings is 1. The van der Waals surface area contributed by atoms with Crippen LogP contribution < -0.4 is 10.2 Å². The summed E-state index contributed by atoms with van der Waals surface area (Å²) < 4.78 is 0. The molecular weight excluding hydrogens is 330 g/mol. The minimum Gasteiger partial charge on any atom is -0.371 e. The van der Waals surface area contributed by atoms with Crippen molar-refractivity contribution in [1.82, 2.24) is 10.3 Å². The zero-order chi connectivity index (χ0) is 17.8. The van der Waals surface area contributed by atoms with E-state index in [2.05, 4.69) is 46.6 Å². The van der Waals surface area contributed by atoms with E-state index < -0.39 is 0 Å². The maximum Gasteiger partial charge on any atom is 0.253 e. The lowest BCUT2D eigenvalue weighted by molar-refractivity contribution is 0.0954. The second-order valence-corrected chi connectivity index (χ2v) is 7.94. The van der Waals surface area contributed by atoms with Gasteiger partial charge in [-0.15, -0.1) is 11.3 Å². The summed E-state index contributed by atoms with van der Waals surface area (Å²) in [6, 6.07) is 6.18. The number of nitrogens with one attached hydrogen (secondary N) is 1. The maximum atomic E-state index is 12.7. The van der Waals surface area contributed by atoms with E-state index in [0.29, 0.717) is 12.5 Å². The highest BCUT2D eigenvalue weighted by atomic mass is 32.1. The Morgan fingerprint density at radius 2 is 2.08 bits per heavy atom. The van der Waals surface area contributed by atoms with Crippen molar-refractivity contribution in [2.24, 2.45) is 0 Å². The number of hydrogen-bond donors (Lipinski definition) is 1. The molecule has 2 heterocycles. The molecule has 0 spiro atoms. The first-order valence-corrected chi connectivity index (χ1v) is 10.0. The molecule has 0 unspecified atom stereocenters. The Balaban J connectivity index is 1.63. The fourth-order valence-corrected chi connectivity index (χ4v) is 4.04. The van der Waals surface area contributed by atoms with E-state index in [1.807, 2.05) is 13.0 Å². The van der Waals surface area contributed by atoms with Crippen LogP contribution in [0.5, 0.6) is 0 Å². The minimum absolute atomic E-state index is 0.0184. The second-order valence-electron chi connectivity index (χ2n) is 7.05. The lowest BCUT2D eigenvalue weighted by Gasteiger charge is -2.21. The van der Waals surface area contributed by atoms with Gasteiger partial charge in [-0.25, -0.2) is 4.98 Å². The Hall–Kier alpha value is -1.88. The zero-order valence-electron chi connectivity index (χ0n) is 15.3. The van der Waals surface area contributed by atoms with E-state index >= 15 is 0 Å². The van der Waals surface area contributed by atoms with Crippen LogP contribution in [-0.2, 0) is 6.42 Å². The number of amides is 1. The number of hydrogen-bond acceptors (Lipinski definition) is 4. The van der Waals surface area contributed by atoms with Gasteiger partial charge in [0.15, 0.2) is 0 Å². The van der Waals surface area contributed by atoms with Crippen LogP contribution in [0.3, 0.4) is 0 Å². The number of aromatic nitrogens is 1. The maximum absolute atomic E-state index is 12.7. The van der Waals surface area contributed by atoms with Crippen LogP contribution in [0.15, 0.2) is 23.6 Å². The number of carbonyl (C=O) groups excluding carboxylic acids is 1. The van der Waals surface area contributed by atoms with E-state index in [-0.39, 0.29) is 5.91 Å². The molecule has 5 heteroatoms. The van der Waals surface area contributed by atoms with Gasteiger partial charge in [0, 0.05) is 43.0 Å². The molecule has 0 saturated carbocycles. The van der Waals surface area contributed by atoms with Crippen molar-refractivity contribution in [3.05, 3.63) is 45.4 Å². The molecule has 1 aliphatic heterocycles. The van der Waals surface area contributed by atoms with Crippen molar-refractivity contribution in [3.63, 3.8) is 0 Å². The molecule has 0 aliphatic carbocycles. The van der Waals surface area contributed by atoms with Crippen molar-refractivity contribution in [2.75, 3.05) is 24.5 Å². The third kappa shape index (κ3) is 4.40. The minimum atomic E-state index is 0.0184. The van der Waals surface area contributed by atoms with Gasteiger partial charge in [-0.05, 0) is 31.9 Å². The van der Waals surface area contributed by atoms with Gasteiger partial charge < -0.3 is 10.2 Å². The second kappa shape index (κ2) is 8.00. The molecule has 2 aromatic rings. The molecule has 1 aromatic heterocycles. The van der Waals surface area contributed by atoms with Crippen LogP contribution >= 0.6 is 11.3 Å². The van der Waals surface area contributed by atoms with Crippen LogP contribution in [0.2, 0.25) is 0 Å². The van der Waals surface area contributed by atoms with Crippen LogP contribution in [0.4, 0.5) is 5.69 Å². The summed E-state index contributed by atoms with van der Waals surface area (Å²) in [4.78, 5) is 19.7. The molecule has 0 bridgehead atoms. The molecular formula is C20H27N3OS. The Kier molecular flexibility index (Phi) is 5.74. The van der Waals surface area contributed by atoms with Gasteiger partial charge in [0.2, 0.25) is 0 Å². The highest BCUT2D eigenvalue weighted by Crippen LogP contribution is 2.25. The average molecular weight is 358 g/mol. The number of nitrogens with zero attached hydrogens (tertiary/aromatic N) is 2. The monoisotopic (exact) mass is 357 g/mol. The van der Waals surface area contributed by atoms with Gasteiger partial charge in [0.25, 0.3) is 5.91 Å². The fraction of sp³-hybridized carbons (Fsp3) is 0.500. The molecule has 0 atom stereocenters. The van der Waals surface area contributed by atoms with Gasteiger partial charge in [0.1, 0.15) is 0 Å². The largest absolute Gasteiger partial charge is 0.371 e. The first kappa shape index (κ1) is 17.9. The van der Waals surface area contributed by atoms with Crippen LogP contribution in [0, 0.1) is 6.92 Å². The highest BCUT2D eigenvalue weighted by molar-refractivity contribution is 7.09. The molecule has 0 radical (unpaired) electrons. The quantitative estimate of drug-likeness (QED) is 0.845. The molecule has 1 saturated heterocycles. The van der Waals surface area contributed by atoms with Gasteiger partial charge in [-0.2, -0.15) is 0 Å². The summed E-state index contributed by atoms with van der Waals surface area (Å²) >= 11 is 1.70. The Labute approximate surface area is 154 Å². The van der Waals surface area contributed by atoms with Crippen molar-refractivity contribution < 1.29 is 4.79 Å². The topological polar surface area (TPSA) is 45.2 Å². The van der Waals surface area contributed by atoms with Crippen LogP contribution in [-0.4, -0.2) is 30.5 Å². The lowest BCUT2D eigenvalue weighted by atomic mass is 10.1. The normalized spacial score (nSPS) is 14.3. The smallest absolute Gasteiger partial charge is 0.253 e. The first-order valence-electron chi connectivity index (χ1n) is 9.12. The molecule has 134 valence electrons. The number of carbonyl (C=O) groups is 1. The Morgan fingerprint density at radius 3 is 2.76 bits per heavy atom. The summed E-state index contributed by atoms with van der Waals surface area (Å²) in [5, 5.41) is 6.34. The summed E-state index contributed by atoms with van der Waals surface area (Å²) in [6.07, 6.45) is 3.19. The molecule has 1 N–H and O–H groups in total. The lowest BCUT2D eigenvalue weighted by Crippen LogP contribution is -2.29. The predicted octanol–water partition coefficient (Wildman–Crippen LogP) is 4.15. The van der Waals surface area contributed by atoms with E-state index in [1.54, 1.807) is 11.3 Å². The van der Waals surface area contributed by atoms with E-state index in [4.69, 9.17) is 0 Å². The number of benzene rings is 1. The molecule has 3 rings (SSSR count). The molecule has 1 amide bonds. The van der Waals surface area contributed by atoms with Gasteiger partial charge >= 0.3 is 0 Å². The third-order valence-corrected chi connectivity index (χ3v) is 5.77. The zero-order valence-corrected chi connectivity index (χ0v) is 16.2. The summed E-state index contributed by atoms with van der Waals surface area (Å²) in [7, 11) is 0. The van der Waals surface area contributed by atoms with E-state index in [1.165, 1.54) is 12.8 Å². The van der Waals surface area contributed by atoms with Crippen molar-refractivity contribution >= 4 is 22.9 Å². The standard InChI is InChI=1S/C20H27N3OS/c1-14(2)20-22-16(13-25-20)8-9-21-19(24)17-12-15(3)6-7-18(17)23-10-4-5-11-23/h6-7,12-14H,4-5,8-11H2,1-3H3,(H,21,24). The molecule has 4 nitrogen and oxygen atoms in total.